The van der Waals surface area contributed by atoms with Crippen molar-refractivity contribution in [3.05, 3.63) is 54.2 Å². The normalized spacial score (nSPS) is 19.0. The van der Waals surface area contributed by atoms with Crippen molar-refractivity contribution in [3.8, 4) is 0 Å². The van der Waals surface area contributed by atoms with Gasteiger partial charge in [0, 0.05) is 23.7 Å². The van der Waals surface area contributed by atoms with E-state index in [9.17, 15) is 0 Å². The minimum Gasteiger partial charge on any atom is -0.296 e. The molecule has 0 amide bonds. The fourth-order valence-corrected chi connectivity index (χ4v) is 3.93. The summed E-state index contributed by atoms with van der Waals surface area (Å²) >= 11 is 1.73. The quantitative estimate of drug-likeness (QED) is 0.770. The molecule has 1 saturated heterocycles. The summed E-state index contributed by atoms with van der Waals surface area (Å²) in [7, 11) is 0. The average molecular weight is 312 g/mol. The predicted octanol–water partition coefficient (Wildman–Crippen LogP) is 5.03. The largest absolute Gasteiger partial charge is 0.296 e. The Morgan fingerprint density at radius 1 is 1.18 bits per heavy atom. The molecule has 1 aromatic carbocycles. The van der Waals surface area contributed by atoms with E-state index in [1.165, 1.54) is 36.4 Å². The minimum atomic E-state index is 0.561. The van der Waals surface area contributed by atoms with Gasteiger partial charge in [0.2, 0.25) is 0 Å². The summed E-state index contributed by atoms with van der Waals surface area (Å²) in [4.78, 5) is 8.53. The van der Waals surface area contributed by atoms with Crippen LogP contribution in [0.5, 0.6) is 0 Å². The van der Waals surface area contributed by atoms with Gasteiger partial charge in [-0.3, -0.25) is 4.90 Å². The molecule has 1 aliphatic heterocycles. The van der Waals surface area contributed by atoms with E-state index in [2.05, 4.69) is 66.3 Å². The summed E-state index contributed by atoms with van der Waals surface area (Å²) in [5, 5.41) is 1.07. The highest BCUT2D eigenvalue weighted by atomic mass is 32.2. The van der Waals surface area contributed by atoms with Crippen molar-refractivity contribution in [2.24, 2.45) is 5.92 Å². The fourth-order valence-electron chi connectivity index (χ4n) is 3.15. The lowest BCUT2D eigenvalue weighted by Crippen LogP contribution is -2.27. The molecule has 1 aliphatic rings. The monoisotopic (exact) mass is 312 g/mol. The van der Waals surface area contributed by atoms with Crippen LogP contribution < -0.4 is 0 Å². The van der Waals surface area contributed by atoms with Crippen LogP contribution in [0.1, 0.15) is 38.3 Å². The molecule has 1 aromatic heterocycles. The summed E-state index contributed by atoms with van der Waals surface area (Å²) in [6.07, 6.45) is 4.64. The van der Waals surface area contributed by atoms with Gasteiger partial charge in [-0.2, -0.15) is 0 Å². The topological polar surface area (TPSA) is 16.1 Å². The molecule has 2 nitrogen and oxygen atoms in total. The van der Waals surface area contributed by atoms with Gasteiger partial charge in [0.05, 0.1) is 0 Å². The summed E-state index contributed by atoms with van der Waals surface area (Å²) in [6, 6.07) is 15.4. The zero-order valence-corrected chi connectivity index (χ0v) is 14.2. The van der Waals surface area contributed by atoms with Crippen LogP contribution in [-0.2, 0) is 0 Å². The van der Waals surface area contributed by atoms with E-state index < -0.39 is 0 Å². The van der Waals surface area contributed by atoms with Crippen molar-refractivity contribution in [1.82, 2.24) is 9.88 Å². The Kier molecular flexibility index (Phi) is 5.16. The highest BCUT2D eigenvalue weighted by Crippen LogP contribution is 2.33. The van der Waals surface area contributed by atoms with Gasteiger partial charge < -0.3 is 0 Å². The lowest BCUT2D eigenvalue weighted by molar-refractivity contribution is 0.228. The molecule has 0 bridgehead atoms. The first-order valence-corrected chi connectivity index (χ1v) is 8.97. The number of nitrogens with zero attached hydrogens (tertiary/aromatic N) is 2. The summed E-state index contributed by atoms with van der Waals surface area (Å²) < 4.78 is 0. The summed E-state index contributed by atoms with van der Waals surface area (Å²) in [5.74, 6) is 0.724. The SMILES string of the molecule is CC(C)CN1CCC[C@H]1c1ccc(Sc2ccccc2)nc1. The van der Waals surface area contributed by atoms with E-state index in [0.29, 0.717) is 6.04 Å². The Morgan fingerprint density at radius 3 is 2.68 bits per heavy atom. The van der Waals surface area contributed by atoms with Crippen molar-refractivity contribution < 1.29 is 0 Å². The molecule has 0 spiro atoms. The highest BCUT2D eigenvalue weighted by Gasteiger charge is 2.26. The molecule has 3 heteroatoms. The zero-order chi connectivity index (χ0) is 15.4. The molecule has 0 unspecified atom stereocenters. The summed E-state index contributed by atoms with van der Waals surface area (Å²) in [6.45, 7) is 7.01. The molecule has 1 fully saturated rings. The third kappa shape index (κ3) is 3.90. The third-order valence-electron chi connectivity index (χ3n) is 4.07. The second-order valence-electron chi connectivity index (χ2n) is 6.39. The summed E-state index contributed by atoms with van der Waals surface area (Å²) in [5.41, 5.74) is 1.37. The van der Waals surface area contributed by atoms with Crippen LogP contribution in [0.2, 0.25) is 0 Å². The maximum Gasteiger partial charge on any atom is 0.101 e. The number of hydrogen-bond donors (Lipinski definition) is 0. The molecule has 2 aromatic rings. The van der Waals surface area contributed by atoms with E-state index in [4.69, 9.17) is 0 Å². The van der Waals surface area contributed by atoms with Gasteiger partial charge in [0.15, 0.2) is 0 Å². The Labute approximate surface area is 138 Å². The first-order valence-electron chi connectivity index (χ1n) is 8.15. The van der Waals surface area contributed by atoms with E-state index in [1.54, 1.807) is 11.8 Å². The lowest BCUT2D eigenvalue weighted by atomic mass is 10.1. The lowest BCUT2D eigenvalue weighted by Gasteiger charge is -2.26. The van der Waals surface area contributed by atoms with Gasteiger partial charge >= 0.3 is 0 Å². The Morgan fingerprint density at radius 2 is 2.00 bits per heavy atom. The first kappa shape index (κ1) is 15.6. The van der Waals surface area contributed by atoms with Crippen molar-refractivity contribution in [2.75, 3.05) is 13.1 Å². The molecule has 0 saturated carbocycles. The van der Waals surface area contributed by atoms with E-state index in [0.717, 1.165) is 10.9 Å². The number of benzene rings is 1. The predicted molar refractivity (Wildman–Crippen MR) is 93.2 cm³/mol. The number of aromatic nitrogens is 1. The van der Waals surface area contributed by atoms with Gasteiger partial charge in [-0.1, -0.05) is 49.9 Å². The fraction of sp³-hybridized carbons (Fsp3) is 0.421. The van der Waals surface area contributed by atoms with E-state index in [1.807, 2.05) is 6.07 Å². The maximum absolute atomic E-state index is 4.67. The molecule has 0 N–H and O–H groups in total. The highest BCUT2D eigenvalue weighted by molar-refractivity contribution is 7.99. The van der Waals surface area contributed by atoms with E-state index in [-0.39, 0.29) is 0 Å². The number of hydrogen-bond acceptors (Lipinski definition) is 3. The molecular formula is C19H24N2S. The molecule has 116 valence electrons. The Bertz CT molecular complexity index is 580. The molecule has 0 radical (unpaired) electrons. The van der Waals surface area contributed by atoms with Gasteiger partial charge in [-0.25, -0.2) is 4.98 Å². The van der Waals surface area contributed by atoms with E-state index >= 15 is 0 Å². The van der Waals surface area contributed by atoms with Gasteiger partial charge in [-0.15, -0.1) is 0 Å². The third-order valence-corrected chi connectivity index (χ3v) is 5.03. The smallest absolute Gasteiger partial charge is 0.101 e. The van der Waals surface area contributed by atoms with Gasteiger partial charge in [0.1, 0.15) is 5.03 Å². The van der Waals surface area contributed by atoms with Crippen LogP contribution in [0.4, 0.5) is 0 Å². The maximum atomic E-state index is 4.67. The average Bonchev–Trinajstić information content (AvgIpc) is 2.96. The number of rotatable bonds is 5. The van der Waals surface area contributed by atoms with Crippen molar-refractivity contribution in [3.63, 3.8) is 0 Å². The van der Waals surface area contributed by atoms with Crippen molar-refractivity contribution in [2.45, 2.75) is 42.7 Å². The molecule has 2 heterocycles. The first-order chi connectivity index (χ1) is 10.7. The van der Waals surface area contributed by atoms with Crippen LogP contribution in [0, 0.1) is 5.92 Å². The molecule has 3 rings (SSSR count). The second kappa shape index (κ2) is 7.30. The van der Waals surface area contributed by atoms with Crippen LogP contribution in [0.3, 0.4) is 0 Å². The standard InChI is InChI=1S/C19H24N2S/c1-15(2)14-21-12-6-9-18(21)16-10-11-19(20-13-16)22-17-7-4-3-5-8-17/h3-5,7-8,10-11,13,15,18H,6,9,12,14H2,1-2H3/t18-/m0/s1. The van der Waals surface area contributed by atoms with Crippen molar-refractivity contribution in [1.29, 1.82) is 0 Å². The van der Waals surface area contributed by atoms with Crippen LogP contribution in [-0.4, -0.2) is 23.0 Å². The van der Waals surface area contributed by atoms with Crippen LogP contribution in [0.15, 0.2) is 58.6 Å². The van der Waals surface area contributed by atoms with Gasteiger partial charge in [-0.05, 0) is 49.1 Å². The number of likely N-dealkylation sites (tertiary alicyclic amines) is 1. The minimum absolute atomic E-state index is 0.561. The second-order valence-corrected chi connectivity index (χ2v) is 7.49. The molecule has 0 aliphatic carbocycles. The van der Waals surface area contributed by atoms with Crippen LogP contribution >= 0.6 is 11.8 Å². The molecular weight excluding hydrogens is 288 g/mol. The van der Waals surface area contributed by atoms with Crippen molar-refractivity contribution >= 4 is 11.8 Å². The zero-order valence-electron chi connectivity index (χ0n) is 13.4. The molecule has 22 heavy (non-hydrogen) atoms. The Hall–Kier alpha value is -1.32. The molecule has 1 atom stereocenters. The van der Waals surface area contributed by atoms with Gasteiger partial charge in [0.25, 0.3) is 0 Å². The Balaban J connectivity index is 1.68. The van der Waals surface area contributed by atoms with Crippen LogP contribution in [0.25, 0.3) is 0 Å². The number of pyridine rings is 1.